The van der Waals surface area contributed by atoms with Gasteiger partial charge in [-0.3, -0.25) is 4.79 Å². The maximum absolute atomic E-state index is 12.0. The fraction of sp³-hybridized carbons (Fsp3) is 0.176. The minimum atomic E-state index is -0.698. The van der Waals surface area contributed by atoms with E-state index in [-0.39, 0.29) is 23.6 Å². The van der Waals surface area contributed by atoms with Gasteiger partial charge in [0.05, 0.1) is 12.8 Å². The molecule has 0 spiro atoms. The third-order valence-electron chi connectivity index (χ3n) is 3.21. The first-order chi connectivity index (χ1) is 11.4. The van der Waals surface area contributed by atoms with Crippen molar-refractivity contribution in [2.75, 3.05) is 19.0 Å². The van der Waals surface area contributed by atoms with Crippen LogP contribution < -0.4 is 10.1 Å². The molecule has 0 bridgehead atoms. The highest BCUT2D eigenvalue weighted by Gasteiger charge is 2.16. The Hall–Kier alpha value is -2.73. The molecule has 2 aromatic carbocycles. The summed E-state index contributed by atoms with van der Waals surface area (Å²) in [6, 6.07) is 9.43. The van der Waals surface area contributed by atoms with Crippen LogP contribution in [0.2, 0.25) is 5.02 Å². The Labute approximate surface area is 144 Å². The van der Waals surface area contributed by atoms with Crippen molar-refractivity contribution < 1.29 is 24.2 Å². The van der Waals surface area contributed by atoms with Crippen molar-refractivity contribution in [2.45, 2.75) is 6.92 Å². The molecule has 0 fully saturated rings. The molecule has 0 atom stereocenters. The van der Waals surface area contributed by atoms with Crippen LogP contribution in [0.4, 0.5) is 5.69 Å². The lowest BCUT2D eigenvalue weighted by atomic mass is 10.1. The summed E-state index contributed by atoms with van der Waals surface area (Å²) in [7, 11) is 1.20. The van der Waals surface area contributed by atoms with Crippen LogP contribution in [0.3, 0.4) is 0 Å². The number of esters is 1. The van der Waals surface area contributed by atoms with E-state index in [4.69, 9.17) is 16.3 Å². The predicted molar refractivity (Wildman–Crippen MR) is 89.8 cm³/mol. The van der Waals surface area contributed by atoms with E-state index in [1.54, 1.807) is 18.2 Å². The fourth-order valence-corrected chi connectivity index (χ4v) is 2.25. The van der Waals surface area contributed by atoms with Crippen LogP contribution in [-0.4, -0.2) is 30.7 Å². The van der Waals surface area contributed by atoms with Crippen LogP contribution in [0.25, 0.3) is 0 Å². The maximum Gasteiger partial charge on any atom is 0.341 e. The lowest BCUT2D eigenvalue weighted by Crippen LogP contribution is -2.20. The van der Waals surface area contributed by atoms with Gasteiger partial charge >= 0.3 is 5.97 Å². The average Bonchev–Trinajstić information content (AvgIpc) is 2.55. The quantitative estimate of drug-likeness (QED) is 0.639. The first-order valence-corrected chi connectivity index (χ1v) is 7.39. The van der Waals surface area contributed by atoms with E-state index in [0.717, 1.165) is 5.56 Å². The van der Waals surface area contributed by atoms with Gasteiger partial charge in [-0.2, -0.15) is 0 Å². The summed E-state index contributed by atoms with van der Waals surface area (Å²) in [6.45, 7) is 1.55. The molecule has 1 amide bonds. The lowest BCUT2D eigenvalue weighted by molar-refractivity contribution is -0.118. The third kappa shape index (κ3) is 4.17. The van der Waals surface area contributed by atoms with Gasteiger partial charge in [0, 0.05) is 5.02 Å². The number of nitrogens with one attached hydrogen (secondary N) is 1. The lowest BCUT2D eigenvalue weighted by Gasteiger charge is -2.12. The van der Waals surface area contributed by atoms with Gasteiger partial charge in [0.25, 0.3) is 5.91 Å². The Kier molecular flexibility index (Phi) is 5.65. The summed E-state index contributed by atoms with van der Waals surface area (Å²) in [6.07, 6.45) is 0. The minimum Gasteiger partial charge on any atom is -0.505 e. The van der Waals surface area contributed by atoms with Gasteiger partial charge in [0.1, 0.15) is 11.3 Å². The molecule has 0 saturated heterocycles. The molecule has 0 aliphatic carbocycles. The van der Waals surface area contributed by atoms with Gasteiger partial charge in [-0.1, -0.05) is 17.7 Å². The first-order valence-electron chi connectivity index (χ1n) is 7.01. The Bertz CT molecular complexity index is 776. The highest BCUT2D eigenvalue weighted by atomic mass is 35.5. The molecular weight excluding hydrogens is 334 g/mol. The van der Waals surface area contributed by atoms with Crippen molar-refractivity contribution in [3.63, 3.8) is 0 Å². The number of carbonyl (C=O) groups excluding carboxylic acids is 2. The summed E-state index contributed by atoms with van der Waals surface area (Å²) < 4.78 is 9.98. The van der Waals surface area contributed by atoms with Crippen LogP contribution in [0.5, 0.6) is 11.5 Å². The fourth-order valence-electron chi connectivity index (χ4n) is 2.02. The number of phenols is 1. The molecule has 2 rings (SSSR count). The molecule has 2 N–H and O–H groups in total. The molecule has 7 heteroatoms. The number of anilines is 1. The molecule has 0 aromatic heterocycles. The smallest absolute Gasteiger partial charge is 0.341 e. The number of methoxy groups -OCH3 is 1. The molecule has 0 aliphatic heterocycles. The third-order valence-corrected chi connectivity index (χ3v) is 3.45. The highest BCUT2D eigenvalue weighted by Crippen LogP contribution is 2.28. The maximum atomic E-state index is 12.0. The van der Waals surface area contributed by atoms with Gasteiger partial charge in [-0.25, -0.2) is 4.79 Å². The van der Waals surface area contributed by atoms with Crippen molar-refractivity contribution in [2.24, 2.45) is 0 Å². The number of aryl methyl sites for hydroxylation is 1. The predicted octanol–water partition coefficient (Wildman–Crippen LogP) is 3.16. The van der Waals surface area contributed by atoms with Crippen molar-refractivity contribution >= 4 is 29.2 Å². The van der Waals surface area contributed by atoms with Crippen LogP contribution in [-0.2, 0) is 9.53 Å². The number of amides is 1. The van der Waals surface area contributed by atoms with E-state index < -0.39 is 11.9 Å². The molecule has 0 heterocycles. The van der Waals surface area contributed by atoms with E-state index in [1.165, 1.54) is 25.3 Å². The summed E-state index contributed by atoms with van der Waals surface area (Å²) in [5, 5.41) is 13.1. The Morgan fingerprint density at radius 3 is 2.67 bits per heavy atom. The van der Waals surface area contributed by atoms with Gasteiger partial charge in [0.15, 0.2) is 12.4 Å². The number of ether oxygens (including phenoxy) is 2. The number of hydrogen-bond acceptors (Lipinski definition) is 5. The number of aromatic hydroxyl groups is 1. The van der Waals surface area contributed by atoms with Gasteiger partial charge in [0.2, 0.25) is 0 Å². The van der Waals surface area contributed by atoms with E-state index in [0.29, 0.717) is 10.8 Å². The van der Waals surface area contributed by atoms with Gasteiger partial charge in [-0.15, -0.1) is 0 Å². The zero-order valence-electron chi connectivity index (χ0n) is 13.1. The summed E-state index contributed by atoms with van der Waals surface area (Å²) in [5.41, 5.74) is 0.856. The minimum absolute atomic E-state index is 0.0373. The molecular formula is C17H16ClNO5. The van der Waals surface area contributed by atoms with Gasteiger partial charge < -0.3 is 19.9 Å². The van der Waals surface area contributed by atoms with Crippen molar-refractivity contribution in [1.29, 1.82) is 0 Å². The second-order valence-electron chi connectivity index (χ2n) is 4.94. The number of halogens is 1. The topological polar surface area (TPSA) is 84.9 Å². The number of phenolic OH excluding ortho intramolecular Hbond substituents is 1. The molecule has 24 heavy (non-hydrogen) atoms. The average molecular weight is 350 g/mol. The number of para-hydroxylation sites is 1. The molecule has 0 aliphatic rings. The van der Waals surface area contributed by atoms with E-state index in [1.807, 2.05) is 6.92 Å². The van der Waals surface area contributed by atoms with E-state index in [2.05, 4.69) is 10.1 Å². The monoisotopic (exact) mass is 349 g/mol. The summed E-state index contributed by atoms with van der Waals surface area (Å²) in [4.78, 5) is 23.5. The molecule has 6 nitrogen and oxygen atoms in total. The van der Waals surface area contributed by atoms with Gasteiger partial charge in [-0.05, 0) is 42.8 Å². The van der Waals surface area contributed by atoms with Crippen molar-refractivity contribution in [3.8, 4) is 11.5 Å². The number of carbonyl (C=O) groups is 2. The highest BCUT2D eigenvalue weighted by molar-refractivity contribution is 6.30. The summed E-state index contributed by atoms with van der Waals surface area (Å²) >= 11 is 5.86. The number of hydrogen-bond donors (Lipinski definition) is 2. The molecule has 0 unspecified atom stereocenters. The second kappa shape index (κ2) is 7.70. The zero-order valence-corrected chi connectivity index (χ0v) is 13.9. The number of rotatable bonds is 5. The van der Waals surface area contributed by atoms with Crippen LogP contribution >= 0.6 is 11.6 Å². The number of benzene rings is 2. The van der Waals surface area contributed by atoms with Crippen LogP contribution in [0.1, 0.15) is 15.9 Å². The molecule has 0 saturated carbocycles. The molecule has 2 aromatic rings. The largest absolute Gasteiger partial charge is 0.505 e. The zero-order chi connectivity index (χ0) is 17.7. The molecule has 0 radical (unpaired) electrons. The SMILES string of the molecule is COC(=O)c1cccc(NC(=O)COc2ccc(Cl)cc2C)c1O. The first kappa shape index (κ1) is 17.6. The standard InChI is InChI=1S/C17H16ClNO5/c1-10-8-11(18)6-7-14(10)24-9-15(20)19-13-5-3-4-12(16(13)21)17(22)23-2/h3-8,21H,9H2,1-2H3,(H,19,20). The van der Waals surface area contributed by atoms with Crippen molar-refractivity contribution in [1.82, 2.24) is 0 Å². The second-order valence-corrected chi connectivity index (χ2v) is 5.38. The van der Waals surface area contributed by atoms with E-state index in [9.17, 15) is 14.7 Å². The Balaban J connectivity index is 2.03. The van der Waals surface area contributed by atoms with Crippen LogP contribution in [0.15, 0.2) is 36.4 Å². The summed E-state index contributed by atoms with van der Waals surface area (Å²) in [5.74, 6) is -1.01. The van der Waals surface area contributed by atoms with Crippen molar-refractivity contribution in [3.05, 3.63) is 52.5 Å². The molecule has 126 valence electrons. The van der Waals surface area contributed by atoms with Crippen LogP contribution in [0, 0.1) is 6.92 Å². The Morgan fingerprint density at radius 1 is 1.25 bits per heavy atom. The van der Waals surface area contributed by atoms with E-state index >= 15 is 0 Å². The Morgan fingerprint density at radius 2 is 2.00 bits per heavy atom. The normalized spacial score (nSPS) is 10.1.